The molecule has 7 nitrogen and oxygen atoms in total. The van der Waals surface area contributed by atoms with Gasteiger partial charge < -0.3 is 10.1 Å². The normalized spacial score (nSPS) is 12.2. The molecule has 1 amide bonds. The summed E-state index contributed by atoms with van der Waals surface area (Å²) in [7, 11) is 1.51. The predicted octanol–water partition coefficient (Wildman–Crippen LogP) is 2.58. The fourth-order valence-corrected chi connectivity index (χ4v) is 3.39. The van der Waals surface area contributed by atoms with Gasteiger partial charge in [-0.25, -0.2) is 13.8 Å². The zero-order valence-electron chi connectivity index (χ0n) is 16.7. The Labute approximate surface area is 176 Å². The Kier molecular flexibility index (Phi) is 6.38. The first kappa shape index (κ1) is 21.7. The molecule has 0 radical (unpaired) electrons. The fourth-order valence-electron chi connectivity index (χ4n) is 3.22. The van der Waals surface area contributed by atoms with Crippen LogP contribution in [0.4, 0.5) is 4.39 Å². The van der Waals surface area contributed by atoms with E-state index in [1.807, 2.05) is 6.92 Å². The number of rotatable bonds is 6. The van der Waals surface area contributed by atoms with Crippen molar-refractivity contribution in [3.05, 3.63) is 73.6 Å². The van der Waals surface area contributed by atoms with Crippen LogP contribution in [0.15, 0.2) is 46.0 Å². The van der Waals surface area contributed by atoms with Crippen LogP contribution in [0.3, 0.4) is 0 Å². The van der Waals surface area contributed by atoms with Crippen molar-refractivity contribution in [1.29, 1.82) is 0 Å². The number of aryl methyl sites for hydroxylation is 1. The van der Waals surface area contributed by atoms with Gasteiger partial charge in [-0.2, -0.15) is 0 Å². The van der Waals surface area contributed by atoms with Crippen molar-refractivity contribution in [3.63, 3.8) is 0 Å². The van der Waals surface area contributed by atoms with Gasteiger partial charge in [-0.05, 0) is 44.2 Å². The number of amides is 1. The Morgan fingerprint density at radius 1 is 1.23 bits per heavy atom. The highest BCUT2D eigenvalue weighted by Crippen LogP contribution is 2.20. The van der Waals surface area contributed by atoms with Crippen molar-refractivity contribution < 1.29 is 13.9 Å². The first-order valence-corrected chi connectivity index (χ1v) is 9.64. The van der Waals surface area contributed by atoms with Crippen LogP contribution in [0.2, 0.25) is 5.02 Å². The summed E-state index contributed by atoms with van der Waals surface area (Å²) in [6.45, 7) is 3.98. The first-order chi connectivity index (χ1) is 14.3. The topological polar surface area (TPSA) is 82.3 Å². The molecule has 0 fully saturated rings. The predicted molar refractivity (Wildman–Crippen MR) is 113 cm³/mol. The van der Waals surface area contributed by atoms with Gasteiger partial charge in [-0.15, -0.1) is 0 Å². The van der Waals surface area contributed by atoms with Crippen molar-refractivity contribution in [1.82, 2.24) is 14.5 Å². The minimum absolute atomic E-state index is 0.112. The third-order valence-corrected chi connectivity index (χ3v) is 5.07. The van der Waals surface area contributed by atoms with E-state index in [2.05, 4.69) is 5.32 Å². The maximum absolute atomic E-state index is 13.6. The average Bonchev–Trinajstić information content (AvgIpc) is 2.71. The summed E-state index contributed by atoms with van der Waals surface area (Å²) >= 11 is 5.86. The van der Waals surface area contributed by atoms with Crippen LogP contribution in [-0.4, -0.2) is 35.3 Å². The molecule has 1 atom stereocenters. The van der Waals surface area contributed by atoms with Crippen LogP contribution in [0.1, 0.15) is 18.5 Å². The smallest absolute Gasteiger partial charge is 0.336 e. The molecule has 0 saturated heterocycles. The summed E-state index contributed by atoms with van der Waals surface area (Å²) in [6.07, 6.45) is 0. The quantitative estimate of drug-likeness (QED) is 0.606. The third-order valence-electron chi connectivity index (χ3n) is 4.78. The Morgan fingerprint density at radius 2 is 1.97 bits per heavy atom. The van der Waals surface area contributed by atoms with Crippen LogP contribution in [0.25, 0.3) is 16.6 Å². The highest BCUT2D eigenvalue weighted by molar-refractivity contribution is 6.30. The number of carbonyl (C=O) groups excluding carboxylic acids is 1. The SMILES string of the molecule is COCCNC(=O)[C@H](C)n1c(=O)n(-c2ccc(F)c(Cl)c2)c(=O)c2cc(C)ccc21. The van der Waals surface area contributed by atoms with Gasteiger partial charge in [0, 0.05) is 13.7 Å². The Hall–Kier alpha value is -2.97. The molecule has 0 saturated carbocycles. The van der Waals surface area contributed by atoms with E-state index in [-0.39, 0.29) is 22.6 Å². The van der Waals surface area contributed by atoms with Crippen LogP contribution in [0, 0.1) is 12.7 Å². The van der Waals surface area contributed by atoms with E-state index >= 15 is 0 Å². The van der Waals surface area contributed by atoms with Crippen molar-refractivity contribution in [2.24, 2.45) is 0 Å². The summed E-state index contributed by atoms with van der Waals surface area (Å²) in [4.78, 5) is 39.1. The number of methoxy groups -OCH3 is 1. The monoisotopic (exact) mass is 433 g/mol. The molecule has 0 spiro atoms. The van der Waals surface area contributed by atoms with Crippen LogP contribution in [-0.2, 0) is 9.53 Å². The number of halogens is 2. The van der Waals surface area contributed by atoms with Gasteiger partial charge in [0.25, 0.3) is 5.56 Å². The van der Waals surface area contributed by atoms with Crippen LogP contribution in [0.5, 0.6) is 0 Å². The van der Waals surface area contributed by atoms with Gasteiger partial charge in [-0.3, -0.25) is 14.2 Å². The van der Waals surface area contributed by atoms with Crippen molar-refractivity contribution in [2.75, 3.05) is 20.3 Å². The Bertz CT molecular complexity index is 1240. The number of benzene rings is 2. The Morgan fingerprint density at radius 3 is 2.63 bits per heavy atom. The fraction of sp³-hybridized carbons (Fsp3) is 0.286. The number of carbonyl (C=O) groups is 1. The molecule has 3 aromatic rings. The van der Waals surface area contributed by atoms with Crippen molar-refractivity contribution in [2.45, 2.75) is 19.9 Å². The largest absolute Gasteiger partial charge is 0.383 e. The summed E-state index contributed by atoms with van der Waals surface area (Å²) < 4.78 is 20.7. The molecule has 0 unspecified atom stereocenters. The minimum atomic E-state index is -0.915. The van der Waals surface area contributed by atoms with Crippen LogP contribution < -0.4 is 16.6 Å². The van der Waals surface area contributed by atoms with Gasteiger partial charge >= 0.3 is 5.69 Å². The lowest BCUT2D eigenvalue weighted by Gasteiger charge is -2.20. The molecule has 1 heterocycles. The molecule has 0 aliphatic rings. The van der Waals surface area contributed by atoms with Gasteiger partial charge in [-0.1, -0.05) is 23.2 Å². The minimum Gasteiger partial charge on any atom is -0.383 e. The second-order valence-electron chi connectivity index (χ2n) is 6.87. The summed E-state index contributed by atoms with van der Waals surface area (Å²) in [6, 6.07) is 7.69. The zero-order valence-corrected chi connectivity index (χ0v) is 17.5. The van der Waals surface area contributed by atoms with E-state index in [4.69, 9.17) is 16.3 Å². The number of aromatic nitrogens is 2. The van der Waals surface area contributed by atoms with Crippen LogP contribution >= 0.6 is 11.6 Å². The van der Waals surface area contributed by atoms with E-state index < -0.39 is 29.0 Å². The highest BCUT2D eigenvalue weighted by Gasteiger charge is 2.23. The second kappa shape index (κ2) is 8.81. The average molecular weight is 434 g/mol. The number of fused-ring (bicyclic) bond motifs is 1. The molecule has 1 aromatic heterocycles. The van der Waals surface area contributed by atoms with E-state index in [0.717, 1.165) is 16.2 Å². The van der Waals surface area contributed by atoms with E-state index in [1.165, 1.54) is 23.8 Å². The molecule has 1 N–H and O–H groups in total. The number of nitrogens with one attached hydrogen (secondary N) is 1. The van der Waals surface area contributed by atoms with Gasteiger partial charge in [0.15, 0.2) is 0 Å². The molecular weight excluding hydrogens is 413 g/mol. The Balaban J connectivity index is 2.28. The summed E-state index contributed by atoms with van der Waals surface area (Å²) in [5.74, 6) is -1.07. The zero-order chi connectivity index (χ0) is 22.0. The molecule has 9 heteroatoms. The standard InChI is InChI=1S/C21H21ClFN3O4/c1-12-4-7-18-15(10-12)20(28)26(14-5-6-17(23)16(22)11-14)21(29)25(18)13(2)19(27)24-8-9-30-3/h4-7,10-11,13H,8-9H2,1-3H3,(H,24,27)/t13-/m0/s1. The van der Waals surface area contributed by atoms with Gasteiger partial charge in [0.05, 0.1) is 28.2 Å². The molecular formula is C21H21ClFN3O4. The number of hydrogen-bond donors (Lipinski definition) is 1. The number of hydrogen-bond acceptors (Lipinski definition) is 4. The van der Waals surface area contributed by atoms with Crippen molar-refractivity contribution >= 4 is 28.4 Å². The number of ether oxygens (including phenoxy) is 1. The van der Waals surface area contributed by atoms with Gasteiger partial charge in [0.2, 0.25) is 5.91 Å². The van der Waals surface area contributed by atoms with E-state index in [0.29, 0.717) is 12.1 Å². The molecule has 3 rings (SSSR count). The lowest BCUT2D eigenvalue weighted by atomic mass is 10.1. The highest BCUT2D eigenvalue weighted by atomic mass is 35.5. The first-order valence-electron chi connectivity index (χ1n) is 9.26. The molecule has 0 aliphatic heterocycles. The number of nitrogens with zero attached hydrogens (tertiary/aromatic N) is 2. The lowest BCUT2D eigenvalue weighted by Crippen LogP contribution is -2.44. The molecule has 158 valence electrons. The second-order valence-corrected chi connectivity index (χ2v) is 7.28. The van der Waals surface area contributed by atoms with Gasteiger partial charge in [0.1, 0.15) is 11.9 Å². The molecule has 0 bridgehead atoms. The molecule has 0 aliphatic carbocycles. The summed E-state index contributed by atoms with van der Waals surface area (Å²) in [5.41, 5.74) is -0.0567. The molecule has 30 heavy (non-hydrogen) atoms. The van der Waals surface area contributed by atoms with E-state index in [1.54, 1.807) is 25.1 Å². The third kappa shape index (κ3) is 4.01. The lowest BCUT2D eigenvalue weighted by molar-refractivity contribution is -0.124. The molecule has 2 aromatic carbocycles. The maximum Gasteiger partial charge on any atom is 0.336 e. The van der Waals surface area contributed by atoms with Crippen molar-refractivity contribution in [3.8, 4) is 5.69 Å². The van der Waals surface area contributed by atoms with E-state index in [9.17, 15) is 18.8 Å². The summed E-state index contributed by atoms with van der Waals surface area (Å²) in [5, 5.41) is 2.73. The maximum atomic E-state index is 13.6.